The van der Waals surface area contributed by atoms with Crippen LogP contribution in [0.3, 0.4) is 0 Å². The number of anilines is 1. The van der Waals surface area contributed by atoms with Crippen LogP contribution in [-0.4, -0.2) is 32.7 Å². The van der Waals surface area contributed by atoms with Crippen LogP contribution in [0, 0.1) is 0 Å². The van der Waals surface area contributed by atoms with Crippen molar-refractivity contribution in [1.82, 2.24) is 5.32 Å². The van der Waals surface area contributed by atoms with Crippen LogP contribution in [0.1, 0.15) is 44.9 Å². The average molecular weight is 304 g/mol. The molecule has 1 fully saturated rings. The number of nitrogens with zero attached hydrogens (tertiary/aromatic N) is 1. The van der Waals surface area contributed by atoms with Crippen LogP contribution in [0.2, 0.25) is 0 Å². The molecular formula is C18H28N2O2. The molecule has 1 aliphatic carbocycles. The molecule has 1 amide bonds. The molecule has 0 unspecified atom stereocenters. The predicted octanol–water partition coefficient (Wildman–Crippen LogP) is 3.36. The van der Waals surface area contributed by atoms with Crippen molar-refractivity contribution in [1.29, 1.82) is 0 Å². The van der Waals surface area contributed by atoms with E-state index in [0.717, 1.165) is 24.3 Å². The average Bonchev–Trinajstić information content (AvgIpc) is 2.49. The van der Waals surface area contributed by atoms with Gasteiger partial charge in [-0.1, -0.05) is 44.2 Å². The standard InChI is InChI=1S/C18H28N2O2/c1-20(16-12-8-9-13-17(16)22-2)14-18(21)19-15-10-6-4-3-5-7-11-15/h8-9,12-13,15H,3-7,10-11,14H2,1-2H3,(H,19,21). The van der Waals surface area contributed by atoms with Crippen LogP contribution in [-0.2, 0) is 4.79 Å². The van der Waals surface area contributed by atoms with Crippen LogP contribution in [0.5, 0.6) is 5.75 Å². The summed E-state index contributed by atoms with van der Waals surface area (Å²) in [4.78, 5) is 14.2. The molecule has 1 aromatic rings. The van der Waals surface area contributed by atoms with Crippen molar-refractivity contribution in [2.45, 2.75) is 51.0 Å². The summed E-state index contributed by atoms with van der Waals surface area (Å²) < 4.78 is 5.36. The zero-order chi connectivity index (χ0) is 15.8. The van der Waals surface area contributed by atoms with Crippen LogP contribution >= 0.6 is 0 Å². The maximum absolute atomic E-state index is 12.3. The van der Waals surface area contributed by atoms with Crippen molar-refractivity contribution in [2.24, 2.45) is 0 Å². The quantitative estimate of drug-likeness (QED) is 0.907. The Kier molecular flexibility index (Phi) is 6.56. The Balaban J connectivity index is 1.87. The van der Waals surface area contributed by atoms with Crippen molar-refractivity contribution in [3.63, 3.8) is 0 Å². The topological polar surface area (TPSA) is 41.6 Å². The zero-order valence-corrected chi connectivity index (χ0v) is 13.8. The first-order valence-electron chi connectivity index (χ1n) is 8.34. The summed E-state index contributed by atoms with van der Waals surface area (Å²) in [6.07, 6.45) is 8.63. The third kappa shape index (κ3) is 4.93. The van der Waals surface area contributed by atoms with Crippen molar-refractivity contribution in [3.8, 4) is 5.75 Å². The first-order valence-corrected chi connectivity index (χ1v) is 8.34. The number of para-hydroxylation sites is 2. The highest BCUT2D eigenvalue weighted by molar-refractivity contribution is 5.82. The number of likely N-dealkylation sites (N-methyl/N-ethyl adjacent to an activating group) is 1. The Bertz CT molecular complexity index is 468. The van der Waals surface area contributed by atoms with Gasteiger partial charge in [0.2, 0.25) is 5.91 Å². The third-order valence-electron chi connectivity index (χ3n) is 4.35. The summed E-state index contributed by atoms with van der Waals surface area (Å²) in [6.45, 7) is 0.358. The molecule has 2 rings (SSSR count). The van der Waals surface area contributed by atoms with E-state index in [1.54, 1.807) is 7.11 Å². The number of ether oxygens (including phenoxy) is 1. The molecule has 0 atom stereocenters. The Morgan fingerprint density at radius 3 is 2.50 bits per heavy atom. The Morgan fingerprint density at radius 1 is 1.18 bits per heavy atom. The van der Waals surface area contributed by atoms with Crippen LogP contribution < -0.4 is 15.0 Å². The number of amides is 1. The van der Waals surface area contributed by atoms with E-state index in [9.17, 15) is 4.79 Å². The van der Waals surface area contributed by atoms with Gasteiger partial charge in [0.25, 0.3) is 0 Å². The fraction of sp³-hybridized carbons (Fsp3) is 0.611. The first-order chi connectivity index (χ1) is 10.7. The normalized spacial score (nSPS) is 16.5. The van der Waals surface area contributed by atoms with Crippen LogP contribution in [0.4, 0.5) is 5.69 Å². The van der Waals surface area contributed by atoms with Gasteiger partial charge < -0.3 is 15.0 Å². The van der Waals surface area contributed by atoms with Gasteiger partial charge >= 0.3 is 0 Å². The summed E-state index contributed by atoms with van der Waals surface area (Å²) in [6, 6.07) is 8.13. The Hall–Kier alpha value is -1.71. The van der Waals surface area contributed by atoms with Gasteiger partial charge in [-0.2, -0.15) is 0 Å². The second-order valence-corrected chi connectivity index (χ2v) is 6.14. The molecule has 0 radical (unpaired) electrons. The lowest BCUT2D eigenvalue weighted by Crippen LogP contribution is -2.41. The smallest absolute Gasteiger partial charge is 0.239 e. The van der Waals surface area contributed by atoms with Crippen molar-refractivity contribution in [2.75, 3.05) is 25.6 Å². The molecular weight excluding hydrogens is 276 g/mol. The molecule has 122 valence electrons. The van der Waals surface area contributed by atoms with E-state index in [4.69, 9.17) is 4.74 Å². The zero-order valence-electron chi connectivity index (χ0n) is 13.8. The van der Waals surface area contributed by atoms with E-state index in [1.807, 2.05) is 36.2 Å². The Labute approximate surface area is 133 Å². The lowest BCUT2D eigenvalue weighted by atomic mass is 9.97. The van der Waals surface area contributed by atoms with E-state index in [0.29, 0.717) is 12.6 Å². The molecule has 1 saturated carbocycles. The van der Waals surface area contributed by atoms with Gasteiger partial charge in [0.1, 0.15) is 5.75 Å². The number of hydrogen-bond donors (Lipinski definition) is 1. The number of nitrogens with one attached hydrogen (secondary N) is 1. The SMILES string of the molecule is COc1ccccc1N(C)CC(=O)NC1CCCCCCC1. The first kappa shape index (κ1) is 16.7. The molecule has 0 aliphatic heterocycles. The molecule has 4 nitrogen and oxygen atoms in total. The summed E-state index contributed by atoms with van der Waals surface area (Å²) in [5.41, 5.74) is 0.942. The van der Waals surface area contributed by atoms with E-state index in [-0.39, 0.29) is 5.91 Å². The fourth-order valence-corrected chi connectivity index (χ4v) is 3.12. The summed E-state index contributed by atoms with van der Waals surface area (Å²) in [5, 5.41) is 3.20. The molecule has 1 N–H and O–H groups in total. The van der Waals surface area contributed by atoms with Crippen molar-refractivity contribution < 1.29 is 9.53 Å². The summed E-state index contributed by atoms with van der Waals surface area (Å²) in [7, 11) is 3.58. The van der Waals surface area contributed by atoms with Gasteiger partial charge in [0.15, 0.2) is 0 Å². The van der Waals surface area contributed by atoms with Crippen molar-refractivity contribution in [3.05, 3.63) is 24.3 Å². The Morgan fingerprint density at radius 2 is 1.82 bits per heavy atom. The van der Waals surface area contributed by atoms with Gasteiger partial charge in [-0.25, -0.2) is 0 Å². The van der Waals surface area contributed by atoms with Crippen molar-refractivity contribution >= 4 is 11.6 Å². The van der Waals surface area contributed by atoms with Gasteiger partial charge in [0, 0.05) is 13.1 Å². The number of hydrogen-bond acceptors (Lipinski definition) is 3. The molecule has 0 bridgehead atoms. The second-order valence-electron chi connectivity index (χ2n) is 6.14. The lowest BCUT2D eigenvalue weighted by molar-refractivity contribution is -0.120. The number of carbonyl (C=O) groups is 1. The third-order valence-corrected chi connectivity index (χ3v) is 4.35. The molecule has 1 aromatic carbocycles. The highest BCUT2D eigenvalue weighted by Gasteiger charge is 2.16. The van der Waals surface area contributed by atoms with Crippen LogP contribution in [0.15, 0.2) is 24.3 Å². The molecule has 1 aliphatic rings. The van der Waals surface area contributed by atoms with Gasteiger partial charge in [-0.15, -0.1) is 0 Å². The largest absolute Gasteiger partial charge is 0.495 e. The number of benzene rings is 1. The monoisotopic (exact) mass is 304 g/mol. The van der Waals surface area contributed by atoms with Gasteiger partial charge in [-0.3, -0.25) is 4.79 Å². The maximum atomic E-state index is 12.3. The van der Waals surface area contributed by atoms with E-state index >= 15 is 0 Å². The highest BCUT2D eigenvalue weighted by Crippen LogP contribution is 2.26. The summed E-state index contributed by atoms with van der Waals surface area (Å²) >= 11 is 0. The number of rotatable bonds is 5. The molecule has 0 saturated heterocycles. The maximum Gasteiger partial charge on any atom is 0.239 e. The fourth-order valence-electron chi connectivity index (χ4n) is 3.12. The number of methoxy groups -OCH3 is 1. The second kappa shape index (κ2) is 8.66. The lowest BCUT2D eigenvalue weighted by Gasteiger charge is -2.24. The molecule has 0 heterocycles. The summed E-state index contributed by atoms with van der Waals surface area (Å²) in [5.74, 6) is 0.891. The minimum Gasteiger partial charge on any atom is -0.495 e. The highest BCUT2D eigenvalue weighted by atomic mass is 16.5. The minimum absolute atomic E-state index is 0.0963. The van der Waals surface area contributed by atoms with Gasteiger partial charge in [-0.05, 0) is 25.0 Å². The van der Waals surface area contributed by atoms with E-state index < -0.39 is 0 Å². The predicted molar refractivity (Wildman–Crippen MR) is 90.5 cm³/mol. The molecule has 4 heteroatoms. The van der Waals surface area contributed by atoms with E-state index in [1.165, 1.54) is 32.1 Å². The van der Waals surface area contributed by atoms with Gasteiger partial charge in [0.05, 0.1) is 19.3 Å². The van der Waals surface area contributed by atoms with E-state index in [2.05, 4.69) is 5.32 Å². The van der Waals surface area contributed by atoms with Crippen LogP contribution in [0.25, 0.3) is 0 Å². The number of carbonyl (C=O) groups excluding carboxylic acids is 1. The molecule has 0 aromatic heterocycles. The molecule has 0 spiro atoms. The molecule has 22 heavy (non-hydrogen) atoms. The minimum atomic E-state index is 0.0963.